The van der Waals surface area contributed by atoms with Gasteiger partial charge in [-0.3, -0.25) is 4.79 Å². The standard InChI is InChI=1S/C14H22N2OS/c1-10(11-6-3-2-4-7-11)16-14(17)13(15)12-8-5-9-18-12/h5,8-11,13H,2-4,6-7,15H2,1H3,(H,16,17)/t10-,13?/m0/s1. The summed E-state index contributed by atoms with van der Waals surface area (Å²) >= 11 is 1.54. The number of thiophene rings is 1. The van der Waals surface area contributed by atoms with Crippen molar-refractivity contribution in [2.24, 2.45) is 11.7 Å². The molecule has 1 amide bonds. The lowest BCUT2D eigenvalue weighted by Gasteiger charge is -2.29. The van der Waals surface area contributed by atoms with Crippen LogP contribution in [-0.2, 0) is 4.79 Å². The third-order valence-electron chi connectivity index (χ3n) is 3.86. The fraction of sp³-hybridized carbons (Fsp3) is 0.643. The van der Waals surface area contributed by atoms with Gasteiger partial charge < -0.3 is 11.1 Å². The van der Waals surface area contributed by atoms with Gasteiger partial charge in [0.2, 0.25) is 5.91 Å². The second kappa shape index (κ2) is 6.34. The summed E-state index contributed by atoms with van der Waals surface area (Å²) in [6.45, 7) is 2.11. The molecule has 3 N–H and O–H groups in total. The summed E-state index contributed by atoms with van der Waals surface area (Å²) in [6.07, 6.45) is 6.39. The third-order valence-corrected chi connectivity index (χ3v) is 4.81. The van der Waals surface area contributed by atoms with Crippen LogP contribution < -0.4 is 11.1 Å². The highest BCUT2D eigenvalue weighted by molar-refractivity contribution is 7.10. The molecule has 1 unspecified atom stereocenters. The largest absolute Gasteiger partial charge is 0.352 e. The first-order valence-electron chi connectivity index (χ1n) is 6.78. The third kappa shape index (κ3) is 3.33. The molecule has 0 aliphatic heterocycles. The molecular formula is C14H22N2OS. The SMILES string of the molecule is C[C@H](NC(=O)C(N)c1cccs1)C1CCCCC1. The van der Waals surface area contributed by atoms with E-state index in [9.17, 15) is 4.79 Å². The molecule has 1 aliphatic carbocycles. The van der Waals surface area contributed by atoms with Gasteiger partial charge in [0.25, 0.3) is 0 Å². The fourth-order valence-corrected chi connectivity index (χ4v) is 3.39. The number of rotatable bonds is 4. The minimum absolute atomic E-state index is 0.0458. The van der Waals surface area contributed by atoms with E-state index in [0.29, 0.717) is 5.92 Å². The van der Waals surface area contributed by atoms with E-state index in [1.807, 2.05) is 17.5 Å². The van der Waals surface area contributed by atoms with Gasteiger partial charge in [-0.2, -0.15) is 0 Å². The minimum Gasteiger partial charge on any atom is -0.352 e. The highest BCUT2D eigenvalue weighted by atomic mass is 32.1. The van der Waals surface area contributed by atoms with Crippen LogP contribution in [0, 0.1) is 5.92 Å². The predicted molar refractivity (Wildman–Crippen MR) is 75.4 cm³/mol. The van der Waals surface area contributed by atoms with Crippen LogP contribution in [-0.4, -0.2) is 11.9 Å². The Balaban J connectivity index is 1.86. The van der Waals surface area contributed by atoms with Crippen LogP contribution in [0.3, 0.4) is 0 Å². The van der Waals surface area contributed by atoms with Crippen LogP contribution in [0.25, 0.3) is 0 Å². The average Bonchev–Trinajstić information content (AvgIpc) is 2.92. The van der Waals surface area contributed by atoms with Crippen LogP contribution in [0.4, 0.5) is 0 Å². The minimum atomic E-state index is -0.518. The van der Waals surface area contributed by atoms with Crippen molar-refractivity contribution in [2.45, 2.75) is 51.1 Å². The molecule has 3 nitrogen and oxygen atoms in total. The van der Waals surface area contributed by atoms with Crippen molar-refractivity contribution in [3.63, 3.8) is 0 Å². The molecular weight excluding hydrogens is 244 g/mol. The van der Waals surface area contributed by atoms with E-state index >= 15 is 0 Å². The summed E-state index contributed by atoms with van der Waals surface area (Å²) in [7, 11) is 0. The molecule has 18 heavy (non-hydrogen) atoms. The zero-order valence-electron chi connectivity index (χ0n) is 10.9. The van der Waals surface area contributed by atoms with Crippen molar-refractivity contribution < 1.29 is 4.79 Å². The van der Waals surface area contributed by atoms with Crippen molar-refractivity contribution in [1.82, 2.24) is 5.32 Å². The zero-order chi connectivity index (χ0) is 13.0. The average molecular weight is 266 g/mol. The van der Waals surface area contributed by atoms with Gasteiger partial charge in [-0.05, 0) is 37.1 Å². The molecule has 1 aliphatic rings. The molecule has 0 aromatic carbocycles. The Morgan fingerprint density at radius 3 is 2.78 bits per heavy atom. The molecule has 100 valence electrons. The van der Waals surface area contributed by atoms with Gasteiger partial charge in [-0.15, -0.1) is 11.3 Å². The second-order valence-corrected chi connectivity index (χ2v) is 6.17. The van der Waals surface area contributed by atoms with Crippen molar-refractivity contribution in [1.29, 1.82) is 0 Å². The molecule has 2 atom stereocenters. The number of hydrogen-bond acceptors (Lipinski definition) is 3. The van der Waals surface area contributed by atoms with E-state index in [4.69, 9.17) is 5.73 Å². The number of carbonyl (C=O) groups is 1. The maximum atomic E-state index is 12.1. The van der Waals surface area contributed by atoms with E-state index < -0.39 is 6.04 Å². The van der Waals surface area contributed by atoms with E-state index in [2.05, 4.69) is 12.2 Å². The predicted octanol–water partition coefficient (Wildman–Crippen LogP) is 2.83. The van der Waals surface area contributed by atoms with Crippen LogP contribution in [0.1, 0.15) is 49.9 Å². The van der Waals surface area contributed by atoms with Crippen molar-refractivity contribution in [3.05, 3.63) is 22.4 Å². The van der Waals surface area contributed by atoms with Gasteiger partial charge in [0.05, 0.1) is 0 Å². The lowest BCUT2D eigenvalue weighted by molar-refractivity contribution is -0.123. The van der Waals surface area contributed by atoms with Gasteiger partial charge in [0.1, 0.15) is 6.04 Å². The van der Waals surface area contributed by atoms with Gasteiger partial charge in [-0.1, -0.05) is 25.3 Å². The van der Waals surface area contributed by atoms with Crippen LogP contribution >= 0.6 is 11.3 Å². The molecule has 0 saturated heterocycles. The lowest BCUT2D eigenvalue weighted by atomic mass is 9.84. The Morgan fingerprint density at radius 2 is 2.17 bits per heavy atom. The molecule has 0 spiro atoms. The van der Waals surface area contributed by atoms with Crippen LogP contribution in [0.15, 0.2) is 17.5 Å². The number of amides is 1. The van der Waals surface area contributed by atoms with E-state index in [0.717, 1.165) is 4.88 Å². The molecule has 0 bridgehead atoms. The van der Waals surface area contributed by atoms with E-state index in [1.165, 1.54) is 43.4 Å². The lowest BCUT2D eigenvalue weighted by Crippen LogP contribution is -2.43. The van der Waals surface area contributed by atoms with Gasteiger partial charge in [0, 0.05) is 10.9 Å². The highest BCUT2D eigenvalue weighted by Gasteiger charge is 2.24. The fourth-order valence-electron chi connectivity index (χ4n) is 2.66. The number of nitrogens with two attached hydrogens (primary N) is 1. The van der Waals surface area contributed by atoms with E-state index in [1.54, 1.807) is 0 Å². The molecule has 1 saturated carbocycles. The van der Waals surface area contributed by atoms with Crippen molar-refractivity contribution >= 4 is 17.2 Å². The smallest absolute Gasteiger partial charge is 0.242 e. The maximum absolute atomic E-state index is 12.1. The Morgan fingerprint density at radius 1 is 1.44 bits per heavy atom. The monoisotopic (exact) mass is 266 g/mol. The Kier molecular flexibility index (Phi) is 4.78. The molecule has 1 heterocycles. The molecule has 1 aromatic rings. The normalized spacial score (nSPS) is 20.3. The quantitative estimate of drug-likeness (QED) is 0.880. The molecule has 2 rings (SSSR count). The first-order chi connectivity index (χ1) is 8.68. The summed E-state index contributed by atoms with van der Waals surface area (Å²) in [5.41, 5.74) is 5.96. The molecule has 1 fully saturated rings. The Labute approximate surface area is 113 Å². The van der Waals surface area contributed by atoms with Gasteiger partial charge in [-0.25, -0.2) is 0 Å². The maximum Gasteiger partial charge on any atom is 0.242 e. The molecule has 1 aromatic heterocycles. The Hall–Kier alpha value is -0.870. The number of nitrogens with one attached hydrogen (secondary N) is 1. The van der Waals surface area contributed by atoms with Crippen molar-refractivity contribution in [2.75, 3.05) is 0 Å². The number of hydrogen-bond donors (Lipinski definition) is 2. The second-order valence-electron chi connectivity index (χ2n) is 5.19. The van der Waals surface area contributed by atoms with Crippen LogP contribution in [0.2, 0.25) is 0 Å². The topological polar surface area (TPSA) is 55.1 Å². The first kappa shape index (κ1) is 13.6. The molecule has 0 radical (unpaired) electrons. The van der Waals surface area contributed by atoms with Crippen molar-refractivity contribution in [3.8, 4) is 0 Å². The Bertz CT molecular complexity index is 371. The molecule has 4 heteroatoms. The van der Waals surface area contributed by atoms with Gasteiger partial charge in [0.15, 0.2) is 0 Å². The summed E-state index contributed by atoms with van der Waals surface area (Å²) in [6, 6.07) is 3.57. The van der Waals surface area contributed by atoms with Crippen LogP contribution in [0.5, 0.6) is 0 Å². The first-order valence-corrected chi connectivity index (χ1v) is 7.66. The van der Waals surface area contributed by atoms with Gasteiger partial charge >= 0.3 is 0 Å². The zero-order valence-corrected chi connectivity index (χ0v) is 11.7. The summed E-state index contributed by atoms with van der Waals surface area (Å²) in [5, 5.41) is 5.03. The van der Waals surface area contributed by atoms with E-state index in [-0.39, 0.29) is 11.9 Å². The summed E-state index contributed by atoms with van der Waals surface area (Å²) in [5.74, 6) is 0.578. The summed E-state index contributed by atoms with van der Waals surface area (Å²) < 4.78 is 0. The summed E-state index contributed by atoms with van der Waals surface area (Å²) in [4.78, 5) is 13.0. The number of carbonyl (C=O) groups excluding carboxylic acids is 1. The highest BCUT2D eigenvalue weighted by Crippen LogP contribution is 2.26.